The van der Waals surface area contributed by atoms with E-state index in [-0.39, 0.29) is 12.1 Å². The fraction of sp³-hybridized carbons (Fsp3) is 0.650. The maximum absolute atomic E-state index is 12.1. The number of rotatable bonds is 10. The van der Waals surface area contributed by atoms with Gasteiger partial charge in [-0.15, -0.1) is 0 Å². The highest BCUT2D eigenvalue weighted by Gasteiger charge is 2.31. The van der Waals surface area contributed by atoms with Gasteiger partial charge in [0.15, 0.2) is 6.10 Å². The molecule has 0 unspecified atom stereocenters. The summed E-state index contributed by atoms with van der Waals surface area (Å²) >= 11 is 0. The molecule has 1 aliphatic heterocycles. The van der Waals surface area contributed by atoms with Gasteiger partial charge in [0.25, 0.3) is 0 Å². The molecule has 25 heavy (non-hydrogen) atoms. The Labute approximate surface area is 151 Å². The summed E-state index contributed by atoms with van der Waals surface area (Å²) in [5.41, 5.74) is 1.13. The molecule has 0 spiro atoms. The number of ether oxygens (including phenoxy) is 3. The Morgan fingerprint density at radius 1 is 1.24 bits per heavy atom. The predicted octanol–water partition coefficient (Wildman–Crippen LogP) is 2.78. The molecule has 5 nitrogen and oxygen atoms in total. The van der Waals surface area contributed by atoms with E-state index in [0.717, 1.165) is 55.7 Å². The summed E-state index contributed by atoms with van der Waals surface area (Å²) in [5.74, 6) is -0.116. The van der Waals surface area contributed by atoms with Gasteiger partial charge in [0, 0.05) is 6.42 Å². The highest BCUT2D eigenvalue weighted by molar-refractivity contribution is 5.69. The predicted molar refractivity (Wildman–Crippen MR) is 97.1 cm³/mol. The van der Waals surface area contributed by atoms with E-state index < -0.39 is 0 Å². The summed E-state index contributed by atoms with van der Waals surface area (Å²) in [6, 6.07) is 10.1. The lowest BCUT2D eigenvalue weighted by molar-refractivity contribution is -0.919. The van der Waals surface area contributed by atoms with Gasteiger partial charge in [0.05, 0.1) is 33.5 Å². The average molecular weight is 350 g/mol. The second-order valence-electron chi connectivity index (χ2n) is 7.08. The first-order valence-corrected chi connectivity index (χ1v) is 9.34. The highest BCUT2D eigenvalue weighted by atomic mass is 16.6. The molecular formula is C20H32NO4+. The van der Waals surface area contributed by atoms with Crippen molar-refractivity contribution in [3.8, 4) is 0 Å². The topological polar surface area (TPSA) is 44.8 Å². The fourth-order valence-corrected chi connectivity index (χ4v) is 3.03. The summed E-state index contributed by atoms with van der Waals surface area (Å²) < 4.78 is 17.9. The third kappa shape index (κ3) is 7.55. The molecule has 1 fully saturated rings. The number of esters is 1. The van der Waals surface area contributed by atoms with E-state index in [1.165, 1.54) is 0 Å². The summed E-state index contributed by atoms with van der Waals surface area (Å²) in [5, 5.41) is 0. The number of quaternary nitrogens is 1. The normalized spacial score (nSPS) is 17.8. The molecule has 1 aromatic rings. The van der Waals surface area contributed by atoms with Gasteiger partial charge in [-0.25, -0.2) is 0 Å². The number of hydrogen-bond donors (Lipinski definition) is 0. The highest BCUT2D eigenvalue weighted by Crippen LogP contribution is 2.13. The van der Waals surface area contributed by atoms with Crippen LogP contribution in [-0.2, 0) is 25.6 Å². The molecule has 0 aromatic heterocycles. The van der Waals surface area contributed by atoms with E-state index in [4.69, 9.17) is 14.2 Å². The number of nitrogens with zero attached hydrogens (tertiary/aromatic N) is 1. The van der Waals surface area contributed by atoms with Crippen molar-refractivity contribution in [2.45, 2.75) is 38.9 Å². The van der Waals surface area contributed by atoms with Crippen molar-refractivity contribution in [1.29, 1.82) is 0 Å². The quantitative estimate of drug-likeness (QED) is 0.481. The van der Waals surface area contributed by atoms with Gasteiger partial charge in [-0.3, -0.25) is 4.79 Å². The Balaban J connectivity index is 1.87. The van der Waals surface area contributed by atoms with Crippen molar-refractivity contribution >= 4 is 5.97 Å². The van der Waals surface area contributed by atoms with Crippen molar-refractivity contribution in [3.63, 3.8) is 0 Å². The van der Waals surface area contributed by atoms with Crippen LogP contribution in [0.5, 0.6) is 0 Å². The van der Waals surface area contributed by atoms with Crippen LogP contribution in [0.4, 0.5) is 0 Å². The second kappa shape index (κ2) is 10.5. The molecule has 0 amide bonds. The number of morpholine rings is 1. The van der Waals surface area contributed by atoms with Crippen molar-refractivity contribution in [1.82, 2.24) is 0 Å². The van der Waals surface area contributed by atoms with Crippen molar-refractivity contribution in [2.24, 2.45) is 0 Å². The number of likely N-dealkylation sites (N-methyl/N-ethyl adjacent to an activating group) is 1. The largest absolute Gasteiger partial charge is 0.454 e. The number of benzene rings is 1. The minimum atomic E-state index is -0.212. The molecule has 1 aromatic carbocycles. The lowest BCUT2D eigenvalue weighted by atomic mass is 10.2. The molecule has 0 bridgehead atoms. The maximum Gasteiger partial charge on any atom is 0.306 e. The zero-order valence-electron chi connectivity index (χ0n) is 15.6. The van der Waals surface area contributed by atoms with E-state index in [1.807, 2.05) is 30.3 Å². The van der Waals surface area contributed by atoms with Gasteiger partial charge in [-0.2, -0.15) is 0 Å². The van der Waals surface area contributed by atoms with E-state index in [9.17, 15) is 4.79 Å². The number of carbonyl (C=O) groups excluding carboxylic acids is 1. The minimum absolute atomic E-state index is 0.116. The van der Waals surface area contributed by atoms with E-state index in [0.29, 0.717) is 19.6 Å². The Kier molecular flexibility index (Phi) is 8.38. The maximum atomic E-state index is 12.1. The van der Waals surface area contributed by atoms with Crippen LogP contribution in [0.3, 0.4) is 0 Å². The molecule has 0 saturated carbocycles. The van der Waals surface area contributed by atoms with Crippen molar-refractivity contribution < 1.29 is 23.5 Å². The lowest BCUT2D eigenvalue weighted by Gasteiger charge is -2.39. The van der Waals surface area contributed by atoms with E-state index in [1.54, 1.807) is 0 Å². The van der Waals surface area contributed by atoms with E-state index >= 15 is 0 Å². The van der Waals surface area contributed by atoms with Crippen LogP contribution in [0.1, 0.15) is 31.7 Å². The van der Waals surface area contributed by atoms with Gasteiger partial charge in [0.1, 0.15) is 19.6 Å². The zero-order valence-corrected chi connectivity index (χ0v) is 15.6. The van der Waals surface area contributed by atoms with Gasteiger partial charge in [-0.1, -0.05) is 43.7 Å². The smallest absolute Gasteiger partial charge is 0.306 e. The van der Waals surface area contributed by atoms with Gasteiger partial charge in [-0.05, 0) is 12.0 Å². The Morgan fingerprint density at radius 3 is 2.64 bits per heavy atom. The molecule has 0 radical (unpaired) electrons. The summed E-state index contributed by atoms with van der Waals surface area (Å²) in [4.78, 5) is 12.1. The standard InChI is InChI=1S/C20H32NO4/c1-3-4-10-20(22)25-19(15-21(2)11-13-23-14-12-21)17-24-16-18-8-6-5-7-9-18/h5-9,19H,3-4,10-17H2,1-2H3/q+1/t19-/m1/s1. The molecule has 140 valence electrons. The number of unbranched alkanes of at least 4 members (excludes halogenated alkanes) is 1. The van der Waals surface area contributed by atoms with Crippen LogP contribution in [-0.4, -0.2) is 63.1 Å². The minimum Gasteiger partial charge on any atom is -0.454 e. The number of hydrogen-bond acceptors (Lipinski definition) is 4. The molecule has 1 saturated heterocycles. The molecular weight excluding hydrogens is 318 g/mol. The molecule has 2 rings (SSSR count). The first-order valence-electron chi connectivity index (χ1n) is 9.34. The summed E-state index contributed by atoms with van der Waals surface area (Å²) in [6.45, 7) is 7.24. The first kappa shape index (κ1) is 19.9. The van der Waals surface area contributed by atoms with Gasteiger partial charge >= 0.3 is 5.97 Å². The Morgan fingerprint density at radius 2 is 1.96 bits per heavy atom. The SMILES string of the molecule is CCCCC(=O)O[C@@H](COCc1ccccc1)C[N+]1(C)CCOCC1. The van der Waals surface area contributed by atoms with Crippen LogP contribution in [0.2, 0.25) is 0 Å². The molecule has 5 heteroatoms. The first-order chi connectivity index (χ1) is 12.1. The van der Waals surface area contributed by atoms with Crippen LogP contribution < -0.4 is 0 Å². The van der Waals surface area contributed by atoms with Crippen LogP contribution in [0.25, 0.3) is 0 Å². The Hall–Kier alpha value is -1.43. The van der Waals surface area contributed by atoms with E-state index in [2.05, 4.69) is 14.0 Å². The Bertz CT molecular complexity index is 500. The van der Waals surface area contributed by atoms with Gasteiger partial charge in [0.2, 0.25) is 0 Å². The third-order valence-electron chi connectivity index (χ3n) is 4.64. The van der Waals surface area contributed by atoms with Crippen LogP contribution in [0.15, 0.2) is 30.3 Å². The average Bonchev–Trinajstić information content (AvgIpc) is 2.61. The van der Waals surface area contributed by atoms with Crippen molar-refractivity contribution in [3.05, 3.63) is 35.9 Å². The zero-order chi connectivity index (χ0) is 18.0. The van der Waals surface area contributed by atoms with Gasteiger partial charge < -0.3 is 18.7 Å². The molecule has 0 aliphatic carbocycles. The summed E-state index contributed by atoms with van der Waals surface area (Å²) in [7, 11) is 2.20. The summed E-state index contributed by atoms with van der Waals surface area (Å²) in [6.07, 6.45) is 2.14. The fourth-order valence-electron chi connectivity index (χ4n) is 3.03. The molecule has 1 aliphatic rings. The third-order valence-corrected chi connectivity index (χ3v) is 4.64. The molecule has 0 N–H and O–H groups in total. The van der Waals surface area contributed by atoms with Crippen LogP contribution in [0, 0.1) is 0 Å². The van der Waals surface area contributed by atoms with Crippen molar-refractivity contribution in [2.75, 3.05) is 46.5 Å². The second-order valence-corrected chi connectivity index (χ2v) is 7.08. The van der Waals surface area contributed by atoms with Crippen LogP contribution >= 0.6 is 0 Å². The monoisotopic (exact) mass is 350 g/mol. The molecule has 1 atom stereocenters. The lowest BCUT2D eigenvalue weighted by Crippen LogP contribution is -2.56. The number of carbonyl (C=O) groups is 1. The molecule has 1 heterocycles.